The third kappa shape index (κ3) is 3.31. The number of pyridine rings is 1. The Morgan fingerprint density at radius 3 is 2.80 bits per heavy atom. The van der Waals surface area contributed by atoms with Gasteiger partial charge in [0, 0.05) is 36.5 Å². The van der Waals surface area contributed by atoms with Gasteiger partial charge in [-0.15, -0.1) is 0 Å². The van der Waals surface area contributed by atoms with Crippen molar-refractivity contribution in [2.24, 2.45) is 11.3 Å². The predicted octanol–water partition coefficient (Wildman–Crippen LogP) is 3.54. The molecule has 1 aromatic carbocycles. The lowest BCUT2D eigenvalue weighted by Gasteiger charge is -2.28. The zero-order chi connectivity index (χ0) is 17.1. The summed E-state index contributed by atoms with van der Waals surface area (Å²) >= 11 is 0. The Morgan fingerprint density at radius 1 is 1.20 bits per heavy atom. The summed E-state index contributed by atoms with van der Waals surface area (Å²) in [5, 5.41) is 0. The molecule has 4 rings (SSSR count). The molecule has 0 N–H and O–H groups in total. The first kappa shape index (κ1) is 16.3. The number of carbonyl (C=O) groups excluding carboxylic acids is 1. The van der Waals surface area contributed by atoms with Crippen LogP contribution < -0.4 is 0 Å². The van der Waals surface area contributed by atoms with E-state index in [-0.39, 0.29) is 11.3 Å². The quantitative estimate of drug-likeness (QED) is 0.839. The predicted molar refractivity (Wildman–Crippen MR) is 96.0 cm³/mol. The summed E-state index contributed by atoms with van der Waals surface area (Å²) in [5.74, 6) is 0.723. The van der Waals surface area contributed by atoms with Crippen molar-refractivity contribution in [2.75, 3.05) is 19.7 Å². The standard InChI is InChI=1S/C21H24N2O2/c24-20(18-5-2-1-3-6-18)23-13-19-7-4-10-21(19,15-23)16-25-14-17-8-11-22-12-9-17/h1-3,5-6,8-9,11-12,19H,4,7,10,13-16H2/t19-,21+/m0/s1. The van der Waals surface area contributed by atoms with Crippen LogP contribution in [0.4, 0.5) is 0 Å². The molecule has 4 heteroatoms. The van der Waals surface area contributed by atoms with Crippen molar-refractivity contribution in [3.63, 3.8) is 0 Å². The van der Waals surface area contributed by atoms with E-state index in [9.17, 15) is 4.79 Å². The van der Waals surface area contributed by atoms with Crippen LogP contribution in [0.5, 0.6) is 0 Å². The molecule has 2 atom stereocenters. The molecule has 0 radical (unpaired) electrons. The molecule has 1 amide bonds. The van der Waals surface area contributed by atoms with Gasteiger partial charge in [-0.3, -0.25) is 9.78 Å². The van der Waals surface area contributed by atoms with Crippen LogP contribution in [0.2, 0.25) is 0 Å². The van der Waals surface area contributed by atoms with Crippen LogP contribution in [0.1, 0.15) is 35.2 Å². The molecule has 2 heterocycles. The van der Waals surface area contributed by atoms with Crippen molar-refractivity contribution in [2.45, 2.75) is 25.9 Å². The molecular weight excluding hydrogens is 312 g/mol. The highest BCUT2D eigenvalue weighted by atomic mass is 16.5. The molecule has 0 unspecified atom stereocenters. The molecule has 2 fully saturated rings. The Hall–Kier alpha value is -2.20. The highest BCUT2D eigenvalue weighted by Gasteiger charge is 2.50. The van der Waals surface area contributed by atoms with Gasteiger partial charge in [-0.05, 0) is 48.6 Å². The third-order valence-electron chi connectivity index (χ3n) is 5.76. The molecule has 130 valence electrons. The van der Waals surface area contributed by atoms with E-state index in [1.54, 1.807) is 12.4 Å². The van der Waals surface area contributed by atoms with Crippen LogP contribution in [0, 0.1) is 11.3 Å². The number of ether oxygens (including phenoxy) is 1. The molecule has 2 aromatic rings. The van der Waals surface area contributed by atoms with Crippen molar-refractivity contribution in [3.8, 4) is 0 Å². The van der Waals surface area contributed by atoms with E-state index in [1.165, 1.54) is 12.8 Å². The first-order valence-corrected chi connectivity index (χ1v) is 9.08. The zero-order valence-corrected chi connectivity index (χ0v) is 14.4. The van der Waals surface area contributed by atoms with E-state index in [1.807, 2.05) is 47.4 Å². The molecule has 1 saturated heterocycles. The summed E-state index contributed by atoms with van der Waals surface area (Å²) in [6.45, 7) is 3.04. The summed E-state index contributed by atoms with van der Waals surface area (Å²) in [6, 6.07) is 13.6. The van der Waals surface area contributed by atoms with Crippen molar-refractivity contribution in [1.29, 1.82) is 0 Å². The Morgan fingerprint density at radius 2 is 2.00 bits per heavy atom. The smallest absolute Gasteiger partial charge is 0.253 e. The second-order valence-electron chi connectivity index (χ2n) is 7.35. The minimum Gasteiger partial charge on any atom is -0.376 e. The number of rotatable bonds is 5. The van der Waals surface area contributed by atoms with E-state index in [4.69, 9.17) is 4.74 Å². The number of amides is 1. The maximum Gasteiger partial charge on any atom is 0.253 e. The van der Waals surface area contributed by atoms with Crippen LogP contribution in [-0.2, 0) is 11.3 Å². The van der Waals surface area contributed by atoms with Gasteiger partial charge >= 0.3 is 0 Å². The van der Waals surface area contributed by atoms with Crippen LogP contribution in [0.15, 0.2) is 54.9 Å². The average molecular weight is 336 g/mol. The topological polar surface area (TPSA) is 42.4 Å². The van der Waals surface area contributed by atoms with Gasteiger partial charge in [0.2, 0.25) is 0 Å². The van der Waals surface area contributed by atoms with Crippen LogP contribution in [0.3, 0.4) is 0 Å². The third-order valence-corrected chi connectivity index (χ3v) is 5.76. The highest BCUT2D eigenvalue weighted by Crippen LogP contribution is 2.49. The van der Waals surface area contributed by atoms with Gasteiger partial charge < -0.3 is 9.64 Å². The van der Waals surface area contributed by atoms with Gasteiger partial charge in [0.05, 0.1) is 13.2 Å². The number of hydrogen-bond donors (Lipinski definition) is 0. The number of aromatic nitrogens is 1. The minimum absolute atomic E-state index is 0.136. The molecular formula is C21H24N2O2. The number of carbonyl (C=O) groups is 1. The second kappa shape index (κ2) is 6.96. The molecule has 4 nitrogen and oxygen atoms in total. The molecule has 2 aliphatic rings. The number of benzene rings is 1. The fraction of sp³-hybridized carbons (Fsp3) is 0.429. The molecule has 1 aliphatic heterocycles. The molecule has 1 aromatic heterocycles. The van der Waals surface area contributed by atoms with Crippen molar-refractivity contribution in [3.05, 3.63) is 66.0 Å². The molecule has 1 saturated carbocycles. The van der Waals surface area contributed by atoms with E-state index < -0.39 is 0 Å². The van der Waals surface area contributed by atoms with Gasteiger partial charge in [-0.1, -0.05) is 24.6 Å². The maximum absolute atomic E-state index is 12.8. The Kier molecular flexibility index (Phi) is 4.53. The second-order valence-corrected chi connectivity index (χ2v) is 7.35. The van der Waals surface area contributed by atoms with Crippen molar-refractivity contribution in [1.82, 2.24) is 9.88 Å². The number of fused-ring (bicyclic) bond motifs is 1. The van der Waals surface area contributed by atoms with E-state index in [0.29, 0.717) is 12.5 Å². The number of likely N-dealkylation sites (tertiary alicyclic amines) is 1. The van der Waals surface area contributed by atoms with Crippen molar-refractivity contribution < 1.29 is 9.53 Å². The largest absolute Gasteiger partial charge is 0.376 e. The Bertz CT molecular complexity index is 719. The van der Waals surface area contributed by atoms with E-state index in [2.05, 4.69) is 4.98 Å². The summed E-state index contributed by atoms with van der Waals surface area (Å²) in [6.07, 6.45) is 7.21. The highest BCUT2D eigenvalue weighted by molar-refractivity contribution is 5.94. The molecule has 0 bridgehead atoms. The van der Waals surface area contributed by atoms with Gasteiger partial charge in [0.1, 0.15) is 0 Å². The fourth-order valence-corrected chi connectivity index (χ4v) is 4.42. The average Bonchev–Trinajstić information content (AvgIpc) is 3.20. The van der Waals surface area contributed by atoms with Crippen molar-refractivity contribution >= 4 is 5.91 Å². The number of nitrogens with zero attached hydrogens (tertiary/aromatic N) is 2. The summed E-state index contributed by atoms with van der Waals surface area (Å²) in [4.78, 5) is 18.9. The lowest BCUT2D eigenvalue weighted by atomic mass is 9.81. The SMILES string of the molecule is O=C(c1ccccc1)N1C[C@@H]2CCC[C@]2(COCc2ccncc2)C1. The van der Waals surface area contributed by atoms with Gasteiger partial charge in [-0.2, -0.15) is 0 Å². The normalized spacial score (nSPS) is 25.1. The van der Waals surface area contributed by atoms with E-state index in [0.717, 1.165) is 37.2 Å². The molecule has 25 heavy (non-hydrogen) atoms. The Labute approximate surface area is 148 Å². The lowest BCUT2D eigenvalue weighted by Crippen LogP contribution is -2.34. The Balaban J connectivity index is 1.41. The van der Waals surface area contributed by atoms with Gasteiger partial charge in [0.25, 0.3) is 5.91 Å². The first-order chi connectivity index (χ1) is 12.3. The molecule has 0 spiro atoms. The lowest BCUT2D eigenvalue weighted by molar-refractivity contribution is 0.0265. The maximum atomic E-state index is 12.8. The van der Waals surface area contributed by atoms with Crippen LogP contribution >= 0.6 is 0 Å². The fourth-order valence-electron chi connectivity index (χ4n) is 4.42. The summed E-state index contributed by atoms with van der Waals surface area (Å²) in [5.41, 5.74) is 2.07. The summed E-state index contributed by atoms with van der Waals surface area (Å²) < 4.78 is 6.08. The van der Waals surface area contributed by atoms with Gasteiger partial charge in [0.15, 0.2) is 0 Å². The summed E-state index contributed by atoms with van der Waals surface area (Å²) in [7, 11) is 0. The number of hydrogen-bond acceptors (Lipinski definition) is 3. The van der Waals surface area contributed by atoms with Gasteiger partial charge in [-0.25, -0.2) is 0 Å². The van der Waals surface area contributed by atoms with Crippen LogP contribution in [-0.4, -0.2) is 35.5 Å². The van der Waals surface area contributed by atoms with Crippen LogP contribution in [0.25, 0.3) is 0 Å². The monoisotopic (exact) mass is 336 g/mol. The van der Waals surface area contributed by atoms with E-state index >= 15 is 0 Å². The first-order valence-electron chi connectivity index (χ1n) is 9.08. The minimum atomic E-state index is 0.136. The zero-order valence-electron chi connectivity index (χ0n) is 14.4. The molecule has 1 aliphatic carbocycles.